The van der Waals surface area contributed by atoms with E-state index in [0.717, 1.165) is 12.8 Å². The standard InChI is InChI=1S/C6H12N2O2S/c7-4-5-3-6(1-2-6)11(9,10)8-5/h5,8H,1-4,7H2. The van der Waals surface area contributed by atoms with Gasteiger partial charge in [-0.3, -0.25) is 0 Å². The van der Waals surface area contributed by atoms with Crippen molar-refractivity contribution < 1.29 is 8.42 Å². The largest absolute Gasteiger partial charge is 0.329 e. The van der Waals surface area contributed by atoms with Crippen molar-refractivity contribution in [3.63, 3.8) is 0 Å². The van der Waals surface area contributed by atoms with E-state index in [1.165, 1.54) is 0 Å². The van der Waals surface area contributed by atoms with E-state index >= 15 is 0 Å². The van der Waals surface area contributed by atoms with Crippen LogP contribution in [0.2, 0.25) is 0 Å². The van der Waals surface area contributed by atoms with Crippen molar-refractivity contribution in [3.8, 4) is 0 Å². The minimum atomic E-state index is -3.00. The molecule has 1 spiro atoms. The van der Waals surface area contributed by atoms with E-state index in [0.29, 0.717) is 13.0 Å². The second-order valence-corrected chi connectivity index (χ2v) is 5.55. The maximum atomic E-state index is 11.3. The molecule has 2 fully saturated rings. The predicted molar refractivity (Wildman–Crippen MR) is 41.5 cm³/mol. The zero-order valence-electron chi connectivity index (χ0n) is 6.21. The van der Waals surface area contributed by atoms with E-state index in [1.807, 2.05) is 0 Å². The summed E-state index contributed by atoms with van der Waals surface area (Å²) in [5.74, 6) is 0. The summed E-state index contributed by atoms with van der Waals surface area (Å²) in [6.45, 7) is 0.418. The quantitative estimate of drug-likeness (QED) is 0.547. The zero-order valence-corrected chi connectivity index (χ0v) is 7.02. The molecule has 64 valence electrons. The Morgan fingerprint density at radius 1 is 1.55 bits per heavy atom. The molecule has 3 N–H and O–H groups in total. The molecule has 11 heavy (non-hydrogen) atoms. The smallest absolute Gasteiger partial charge is 0.217 e. The molecule has 4 nitrogen and oxygen atoms in total. The molecule has 1 unspecified atom stereocenters. The summed E-state index contributed by atoms with van der Waals surface area (Å²) in [4.78, 5) is 0. The normalized spacial score (nSPS) is 37.7. The van der Waals surface area contributed by atoms with Gasteiger partial charge >= 0.3 is 0 Å². The highest BCUT2D eigenvalue weighted by Gasteiger charge is 2.59. The van der Waals surface area contributed by atoms with Gasteiger partial charge < -0.3 is 5.73 Å². The van der Waals surface area contributed by atoms with Crippen LogP contribution in [0.5, 0.6) is 0 Å². The number of nitrogens with one attached hydrogen (secondary N) is 1. The third kappa shape index (κ3) is 0.913. The molecule has 1 aliphatic heterocycles. The molecule has 0 aromatic carbocycles. The summed E-state index contributed by atoms with van der Waals surface area (Å²) in [5.41, 5.74) is 5.38. The van der Waals surface area contributed by atoms with Crippen LogP contribution >= 0.6 is 0 Å². The molecule has 2 aliphatic rings. The lowest BCUT2D eigenvalue weighted by molar-refractivity contribution is 0.580. The van der Waals surface area contributed by atoms with E-state index in [-0.39, 0.29) is 6.04 Å². The summed E-state index contributed by atoms with van der Waals surface area (Å²) in [5, 5.41) is 0. The zero-order chi connectivity index (χ0) is 8.11. The van der Waals surface area contributed by atoms with Gasteiger partial charge in [0.05, 0.1) is 4.75 Å². The van der Waals surface area contributed by atoms with Gasteiger partial charge in [0.15, 0.2) is 0 Å². The lowest BCUT2D eigenvalue weighted by atomic mass is 10.1. The van der Waals surface area contributed by atoms with Crippen molar-refractivity contribution in [2.45, 2.75) is 30.1 Å². The molecule has 5 heteroatoms. The summed E-state index contributed by atoms with van der Waals surface area (Å²) >= 11 is 0. The molecule has 0 aromatic heterocycles. The van der Waals surface area contributed by atoms with Gasteiger partial charge in [0.25, 0.3) is 0 Å². The van der Waals surface area contributed by atoms with Crippen LogP contribution in [0.15, 0.2) is 0 Å². The molecule has 0 radical (unpaired) electrons. The predicted octanol–water partition coefficient (Wildman–Crippen LogP) is -0.831. The minimum absolute atomic E-state index is 0.0116. The molecule has 2 rings (SSSR count). The van der Waals surface area contributed by atoms with Crippen LogP contribution < -0.4 is 10.5 Å². The van der Waals surface area contributed by atoms with E-state index in [2.05, 4.69) is 4.72 Å². The first-order chi connectivity index (χ1) is 5.10. The van der Waals surface area contributed by atoms with Gasteiger partial charge in [0.1, 0.15) is 0 Å². The Balaban J connectivity index is 2.27. The molecule has 1 saturated carbocycles. The van der Waals surface area contributed by atoms with Crippen molar-refractivity contribution in [3.05, 3.63) is 0 Å². The Morgan fingerprint density at radius 3 is 2.45 bits per heavy atom. The third-order valence-electron chi connectivity index (χ3n) is 2.60. The first-order valence-corrected chi connectivity index (χ1v) is 5.30. The van der Waals surface area contributed by atoms with E-state index in [1.54, 1.807) is 0 Å². The molecule has 0 amide bonds. The van der Waals surface area contributed by atoms with Gasteiger partial charge in [-0.1, -0.05) is 0 Å². The number of nitrogens with two attached hydrogens (primary N) is 1. The Morgan fingerprint density at radius 2 is 2.18 bits per heavy atom. The molecule has 1 atom stereocenters. The van der Waals surface area contributed by atoms with Gasteiger partial charge in [-0.2, -0.15) is 0 Å². The fraction of sp³-hybridized carbons (Fsp3) is 1.00. The Bertz CT molecular complexity index is 268. The van der Waals surface area contributed by atoms with Gasteiger partial charge in [-0.15, -0.1) is 0 Å². The van der Waals surface area contributed by atoms with Crippen LogP contribution in [0, 0.1) is 0 Å². The number of hydrogen-bond donors (Lipinski definition) is 2. The highest BCUT2D eigenvalue weighted by molar-refractivity contribution is 7.91. The molecular weight excluding hydrogens is 164 g/mol. The summed E-state index contributed by atoms with van der Waals surface area (Å²) in [6.07, 6.45) is 2.35. The van der Waals surface area contributed by atoms with E-state index in [9.17, 15) is 8.42 Å². The lowest BCUT2D eigenvalue weighted by Crippen LogP contribution is -2.32. The Kier molecular flexibility index (Phi) is 1.34. The van der Waals surface area contributed by atoms with Crippen molar-refractivity contribution in [1.82, 2.24) is 4.72 Å². The SMILES string of the molecule is NCC1CC2(CC2)S(=O)(=O)N1. The van der Waals surface area contributed by atoms with Crippen LogP contribution in [-0.4, -0.2) is 25.8 Å². The van der Waals surface area contributed by atoms with Crippen molar-refractivity contribution >= 4 is 10.0 Å². The Labute approximate surface area is 66.2 Å². The van der Waals surface area contributed by atoms with Gasteiger partial charge in [-0.05, 0) is 19.3 Å². The van der Waals surface area contributed by atoms with Crippen molar-refractivity contribution in [2.24, 2.45) is 5.73 Å². The average Bonchev–Trinajstić information content (AvgIpc) is 2.62. The third-order valence-corrected chi connectivity index (χ3v) is 4.96. The first-order valence-electron chi connectivity index (χ1n) is 3.82. The average molecular weight is 176 g/mol. The van der Waals surface area contributed by atoms with Gasteiger partial charge in [0, 0.05) is 12.6 Å². The highest BCUT2D eigenvalue weighted by atomic mass is 32.2. The van der Waals surface area contributed by atoms with Gasteiger partial charge in [-0.25, -0.2) is 13.1 Å². The summed E-state index contributed by atoms with van der Waals surface area (Å²) in [6, 6.07) is -0.0116. The fourth-order valence-corrected chi connectivity index (χ4v) is 3.62. The molecule has 1 saturated heterocycles. The molecule has 0 bridgehead atoms. The second kappa shape index (κ2) is 1.97. The first kappa shape index (κ1) is 7.52. The number of rotatable bonds is 1. The van der Waals surface area contributed by atoms with E-state index in [4.69, 9.17) is 5.73 Å². The topological polar surface area (TPSA) is 72.2 Å². The van der Waals surface area contributed by atoms with Crippen molar-refractivity contribution in [1.29, 1.82) is 0 Å². The monoisotopic (exact) mass is 176 g/mol. The van der Waals surface area contributed by atoms with Crippen LogP contribution in [0.1, 0.15) is 19.3 Å². The van der Waals surface area contributed by atoms with E-state index < -0.39 is 14.8 Å². The van der Waals surface area contributed by atoms with Crippen LogP contribution in [0.25, 0.3) is 0 Å². The lowest BCUT2D eigenvalue weighted by Gasteiger charge is -2.01. The Hall–Kier alpha value is -0.130. The molecule has 1 heterocycles. The van der Waals surface area contributed by atoms with Crippen molar-refractivity contribution in [2.75, 3.05) is 6.54 Å². The van der Waals surface area contributed by atoms with Gasteiger partial charge in [0.2, 0.25) is 10.0 Å². The maximum absolute atomic E-state index is 11.3. The van der Waals surface area contributed by atoms with Crippen LogP contribution in [0.4, 0.5) is 0 Å². The molecule has 1 aliphatic carbocycles. The summed E-state index contributed by atoms with van der Waals surface area (Å²) in [7, 11) is -3.00. The number of hydrogen-bond acceptors (Lipinski definition) is 3. The van der Waals surface area contributed by atoms with Crippen LogP contribution in [0.3, 0.4) is 0 Å². The highest BCUT2D eigenvalue weighted by Crippen LogP contribution is 2.50. The second-order valence-electron chi connectivity index (χ2n) is 3.44. The summed E-state index contributed by atoms with van der Waals surface area (Å²) < 4.78 is 24.9. The molecule has 0 aromatic rings. The fourth-order valence-electron chi connectivity index (χ4n) is 1.69. The maximum Gasteiger partial charge on any atom is 0.217 e. The molecular formula is C6H12N2O2S. The minimum Gasteiger partial charge on any atom is -0.329 e. The van der Waals surface area contributed by atoms with Crippen LogP contribution in [-0.2, 0) is 10.0 Å². The number of sulfonamides is 1.